The number of nitrogens with one attached hydrogen (secondary N) is 1. The molecule has 0 atom stereocenters. The summed E-state index contributed by atoms with van der Waals surface area (Å²) in [6.45, 7) is 0. The van der Waals surface area contributed by atoms with Crippen molar-refractivity contribution in [3.63, 3.8) is 0 Å². The Morgan fingerprint density at radius 3 is 2.30 bits per heavy atom. The van der Waals surface area contributed by atoms with Crippen LogP contribution in [0.3, 0.4) is 0 Å². The number of hydrogen-bond acceptors (Lipinski definition) is 2. The zero-order valence-corrected chi connectivity index (χ0v) is 15.3. The Balaban J connectivity index is 1.92. The van der Waals surface area contributed by atoms with Gasteiger partial charge in [0.25, 0.3) is 5.91 Å². The number of anilines is 1. The van der Waals surface area contributed by atoms with Crippen molar-refractivity contribution in [1.82, 2.24) is 0 Å². The molecule has 3 rings (SSSR count). The van der Waals surface area contributed by atoms with Gasteiger partial charge in [-0.05, 0) is 41.0 Å². The van der Waals surface area contributed by atoms with Crippen LogP contribution in [0.25, 0.3) is 11.6 Å². The molecule has 3 nitrogen and oxygen atoms in total. The molecule has 0 aliphatic carbocycles. The van der Waals surface area contributed by atoms with Crippen molar-refractivity contribution in [2.75, 3.05) is 5.32 Å². The van der Waals surface area contributed by atoms with Crippen molar-refractivity contribution >= 4 is 34.8 Å². The van der Waals surface area contributed by atoms with Crippen LogP contribution in [-0.2, 0) is 11.2 Å². The Kier molecular flexibility index (Phi) is 6.04. The van der Waals surface area contributed by atoms with Crippen molar-refractivity contribution in [2.45, 2.75) is 6.42 Å². The summed E-state index contributed by atoms with van der Waals surface area (Å²) < 4.78 is 0. The van der Waals surface area contributed by atoms with Gasteiger partial charge in [0.05, 0.1) is 12.5 Å². The first-order valence-electron chi connectivity index (χ1n) is 8.46. The number of carbonyl (C=O) groups is 1. The molecule has 0 aromatic heterocycles. The summed E-state index contributed by atoms with van der Waals surface area (Å²) in [7, 11) is 0. The molecular formula is C23H17ClN2O. The third kappa shape index (κ3) is 4.84. The molecule has 0 spiro atoms. The molecule has 4 heteroatoms. The molecule has 0 bridgehead atoms. The van der Waals surface area contributed by atoms with Gasteiger partial charge in [-0.3, -0.25) is 4.79 Å². The van der Waals surface area contributed by atoms with Gasteiger partial charge >= 0.3 is 0 Å². The first kappa shape index (κ1) is 18.4. The van der Waals surface area contributed by atoms with E-state index in [9.17, 15) is 4.79 Å². The minimum Gasteiger partial charge on any atom is -0.322 e. The molecule has 1 N–H and O–H groups in total. The summed E-state index contributed by atoms with van der Waals surface area (Å²) in [6, 6.07) is 26.2. The fourth-order valence-corrected chi connectivity index (χ4v) is 2.83. The minimum absolute atomic E-state index is 0.228. The molecule has 132 valence electrons. The highest BCUT2D eigenvalue weighted by Crippen LogP contribution is 2.24. The maximum atomic E-state index is 13.0. The molecule has 0 heterocycles. The third-order valence-electron chi connectivity index (χ3n) is 4.03. The summed E-state index contributed by atoms with van der Waals surface area (Å²) in [5, 5.41) is 12.3. The zero-order valence-electron chi connectivity index (χ0n) is 14.5. The van der Waals surface area contributed by atoms with Gasteiger partial charge in [0, 0.05) is 16.3 Å². The van der Waals surface area contributed by atoms with Crippen LogP contribution in [-0.4, -0.2) is 5.91 Å². The van der Waals surface area contributed by atoms with Gasteiger partial charge in [0.1, 0.15) is 0 Å². The number of halogens is 1. The number of benzene rings is 3. The number of nitriles is 1. The Morgan fingerprint density at radius 1 is 0.963 bits per heavy atom. The van der Waals surface area contributed by atoms with Crippen molar-refractivity contribution in [1.29, 1.82) is 5.26 Å². The molecular weight excluding hydrogens is 356 g/mol. The lowest BCUT2D eigenvalue weighted by molar-refractivity contribution is -0.111. The topological polar surface area (TPSA) is 52.9 Å². The standard InChI is InChI=1S/C23H17ClN2O/c24-22-9-5-4-8-19(22)16-21(18-6-2-1-3-7-18)23(27)26-20-12-10-17(11-13-20)14-15-25/h1-13,16H,14H2,(H,26,27)/b21-16+. The van der Waals surface area contributed by atoms with Crippen molar-refractivity contribution in [3.8, 4) is 6.07 Å². The largest absolute Gasteiger partial charge is 0.322 e. The molecule has 0 saturated heterocycles. The number of hydrogen-bond donors (Lipinski definition) is 1. The molecule has 0 radical (unpaired) electrons. The van der Waals surface area contributed by atoms with Crippen molar-refractivity contribution in [2.24, 2.45) is 0 Å². The van der Waals surface area contributed by atoms with E-state index in [1.165, 1.54) is 0 Å². The second-order valence-corrected chi connectivity index (χ2v) is 6.34. The first-order chi connectivity index (χ1) is 13.2. The number of carbonyl (C=O) groups excluding carboxylic acids is 1. The van der Waals surface area contributed by atoms with E-state index in [0.717, 1.165) is 16.7 Å². The van der Waals surface area contributed by atoms with Crippen LogP contribution in [0.2, 0.25) is 5.02 Å². The molecule has 3 aromatic rings. The van der Waals surface area contributed by atoms with Crippen LogP contribution < -0.4 is 5.32 Å². The predicted molar refractivity (Wildman–Crippen MR) is 110 cm³/mol. The fourth-order valence-electron chi connectivity index (χ4n) is 2.64. The highest BCUT2D eigenvalue weighted by Gasteiger charge is 2.13. The molecule has 27 heavy (non-hydrogen) atoms. The first-order valence-corrected chi connectivity index (χ1v) is 8.84. The second kappa shape index (κ2) is 8.84. The quantitative estimate of drug-likeness (QED) is 0.469. The molecule has 1 amide bonds. The SMILES string of the molecule is N#CCc1ccc(NC(=O)/C(=C/c2ccccc2Cl)c2ccccc2)cc1. The van der Waals surface area contributed by atoms with Crippen LogP contribution in [0.1, 0.15) is 16.7 Å². The van der Waals surface area contributed by atoms with Gasteiger partial charge in [0.15, 0.2) is 0 Å². The lowest BCUT2D eigenvalue weighted by atomic mass is 10.0. The number of rotatable bonds is 5. The smallest absolute Gasteiger partial charge is 0.256 e. The molecule has 0 fully saturated rings. The van der Waals surface area contributed by atoms with E-state index in [4.69, 9.17) is 16.9 Å². The summed E-state index contributed by atoms with van der Waals surface area (Å²) in [4.78, 5) is 13.0. The number of amides is 1. The minimum atomic E-state index is -0.228. The van der Waals surface area contributed by atoms with Gasteiger partial charge in [-0.2, -0.15) is 5.26 Å². The molecule has 0 unspecified atom stereocenters. The van der Waals surface area contributed by atoms with Crippen molar-refractivity contribution in [3.05, 3.63) is 101 Å². The van der Waals surface area contributed by atoms with E-state index in [2.05, 4.69) is 11.4 Å². The Bertz CT molecular complexity index is 1000. The predicted octanol–water partition coefficient (Wildman–Crippen LogP) is 5.59. The maximum absolute atomic E-state index is 13.0. The highest BCUT2D eigenvalue weighted by molar-refractivity contribution is 6.34. The summed E-state index contributed by atoms with van der Waals surface area (Å²) in [5.74, 6) is -0.228. The van der Waals surface area contributed by atoms with Crippen LogP contribution in [0, 0.1) is 11.3 Å². The highest BCUT2D eigenvalue weighted by atomic mass is 35.5. The molecule has 0 aliphatic rings. The van der Waals surface area contributed by atoms with Gasteiger partial charge in [0.2, 0.25) is 0 Å². The molecule has 0 aliphatic heterocycles. The Labute approximate surface area is 163 Å². The van der Waals surface area contributed by atoms with E-state index in [0.29, 0.717) is 22.7 Å². The average molecular weight is 373 g/mol. The average Bonchev–Trinajstić information content (AvgIpc) is 2.69. The second-order valence-electron chi connectivity index (χ2n) is 5.93. The van der Waals surface area contributed by atoms with Gasteiger partial charge in [-0.15, -0.1) is 0 Å². The summed E-state index contributed by atoms with van der Waals surface area (Å²) in [6.07, 6.45) is 2.13. The molecule has 0 saturated carbocycles. The van der Waals surface area contributed by atoms with Crippen LogP contribution in [0.4, 0.5) is 5.69 Å². The monoisotopic (exact) mass is 372 g/mol. The van der Waals surface area contributed by atoms with Crippen molar-refractivity contribution < 1.29 is 4.79 Å². The van der Waals surface area contributed by atoms with Gasteiger partial charge in [-0.25, -0.2) is 0 Å². The summed E-state index contributed by atoms with van der Waals surface area (Å²) >= 11 is 6.27. The Hall–Kier alpha value is -3.35. The maximum Gasteiger partial charge on any atom is 0.256 e. The lowest BCUT2D eigenvalue weighted by Gasteiger charge is -2.11. The van der Waals surface area contributed by atoms with Gasteiger partial charge in [-0.1, -0.05) is 72.3 Å². The molecule has 3 aromatic carbocycles. The van der Waals surface area contributed by atoms with E-state index >= 15 is 0 Å². The normalized spacial score (nSPS) is 10.9. The van der Waals surface area contributed by atoms with E-state index in [-0.39, 0.29) is 5.91 Å². The lowest BCUT2D eigenvalue weighted by Crippen LogP contribution is -2.13. The third-order valence-corrected chi connectivity index (χ3v) is 4.37. The van der Waals surface area contributed by atoms with E-state index < -0.39 is 0 Å². The van der Waals surface area contributed by atoms with Gasteiger partial charge < -0.3 is 5.32 Å². The summed E-state index contributed by atoms with van der Waals surface area (Å²) in [5.41, 5.74) is 3.67. The van der Waals surface area contributed by atoms with Crippen LogP contribution >= 0.6 is 11.6 Å². The van der Waals surface area contributed by atoms with E-state index in [1.807, 2.05) is 60.7 Å². The zero-order chi connectivity index (χ0) is 19.1. The van der Waals surface area contributed by atoms with Crippen LogP contribution in [0.15, 0.2) is 78.9 Å². The fraction of sp³-hybridized carbons (Fsp3) is 0.0435. The van der Waals surface area contributed by atoms with Crippen LogP contribution in [0.5, 0.6) is 0 Å². The number of nitrogens with zero attached hydrogens (tertiary/aromatic N) is 1. The Morgan fingerprint density at radius 2 is 1.63 bits per heavy atom. The van der Waals surface area contributed by atoms with E-state index in [1.54, 1.807) is 24.3 Å².